The molecule has 0 radical (unpaired) electrons. The molecule has 19 heavy (non-hydrogen) atoms. The largest absolute Gasteiger partial charge is 0.384 e. The highest BCUT2D eigenvalue weighted by atomic mass is 15.1. The molecule has 1 aliphatic rings. The van der Waals surface area contributed by atoms with Crippen molar-refractivity contribution in [2.45, 2.75) is 6.42 Å². The first kappa shape index (κ1) is 10.6. The normalized spacial score (nSPS) is 13.5. The van der Waals surface area contributed by atoms with Crippen LogP contribution < -0.4 is 5.32 Å². The number of anilines is 1. The number of aromatic nitrogens is 3. The van der Waals surface area contributed by atoms with Gasteiger partial charge in [0.25, 0.3) is 0 Å². The van der Waals surface area contributed by atoms with E-state index in [9.17, 15) is 0 Å². The number of nitrogens with one attached hydrogen (secondary N) is 1. The molecule has 0 atom stereocenters. The lowest BCUT2D eigenvalue weighted by Gasteiger charge is -2.05. The van der Waals surface area contributed by atoms with Gasteiger partial charge < -0.3 is 9.88 Å². The Hall–Kier alpha value is -2.36. The van der Waals surface area contributed by atoms with Gasteiger partial charge in [-0.1, -0.05) is 12.1 Å². The van der Waals surface area contributed by atoms with E-state index in [2.05, 4.69) is 38.1 Å². The van der Waals surface area contributed by atoms with Crippen LogP contribution >= 0.6 is 0 Å². The van der Waals surface area contributed by atoms with Crippen LogP contribution in [0.3, 0.4) is 0 Å². The van der Waals surface area contributed by atoms with E-state index in [1.807, 2.05) is 19.2 Å². The standard InChI is InChI=1S/C15H14N4/c1-19-13-3-2-7-17-14(13)18-15(19)11-5-4-10-6-8-16-12(10)9-11/h2-5,7,9,16H,6,8H2,1H3. The molecule has 4 nitrogen and oxygen atoms in total. The van der Waals surface area contributed by atoms with Crippen LogP contribution in [0.1, 0.15) is 5.56 Å². The molecule has 3 aromatic rings. The van der Waals surface area contributed by atoms with Crippen molar-refractivity contribution in [3.63, 3.8) is 0 Å². The van der Waals surface area contributed by atoms with Crippen LogP contribution in [0.15, 0.2) is 36.5 Å². The monoisotopic (exact) mass is 250 g/mol. The molecule has 4 heteroatoms. The fourth-order valence-corrected chi connectivity index (χ4v) is 2.71. The van der Waals surface area contributed by atoms with Gasteiger partial charge in [0.05, 0.1) is 5.52 Å². The summed E-state index contributed by atoms with van der Waals surface area (Å²) in [4.78, 5) is 8.95. The smallest absolute Gasteiger partial charge is 0.178 e. The number of imidazole rings is 1. The Kier molecular flexibility index (Phi) is 2.12. The molecule has 1 aliphatic heterocycles. The molecular weight excluding hydrogens is 236 g/mol. The second-order valence-electron chi connectivity index (χ2n) is 4.89. The van der Waals surface area contributed by atoms with Crippen LogP contribution in [0.25, 0.3) is 22.6 Å². The molecule has 0 amide bonds. The van der Waals surface area contributed by atoms with Crippen LogP contribution in [0.5, 0.6) is 0 Å². The molecule has 2 aromatic heterocycles. The lowest BCUT2D eigenvalue weighted by atomic mass is 10.1. The van der Waals surface area contributed by atoms with Gasteiger partial charge in [0.2, 0.25) is 0 Å². The van der Waals surface area contributed by atoms with Gasteiger partial charge in [-0.05, 0) is 30.2 Å². The Morgan fingerprint density at radius 3 is 3.11 bits per heavy atom. The number of hydrogen-bond acceptors (Lipinski definition) is 3. The number of rotatable bonds is 1. The van der Waals surface area contributed by atoms with E-state index in [0.717, 1.165) is 35.5 Å². The van der Waals surface area contributed by atoms with Crippen molar-refractivity contribution in [1.82, 2.24) is 14.5 Å². The van der Waals surface area contributed by atoms with Crippen LogP contribution in [-0.2, 0) is 13.5 Å². The van der Waals surface area contributed by atoms with E-state index in [1.54, 1.807) is 6.20 Å². The topological polar surface area (TPSA) is 42.7 Å². The summed E-state index contributed by atoms with van der Waals surface area (Å²) in [5, 5.41) is 3.41. The van der Waals surface area contributed by atoms with Crippen LogP contribution in [-0.4, -0.2) is 21.1 Å². The fraction of sp³-hybridized carbons (Fsp3) is 0.200. The Bertz CT molecular complexity index is 773. The average molecular weight is 250 g/mol. The van der Waals surface area contributed by atoms with E-state index >= 15 is 0 Å². The van der Waals surface area contributed by atoms with E-state index in [0.29, 0.717) is 0 Å². The minimum absolute atomic E-state index is 0.799. The van der Waals surface area contributed by atoms with E-state index in [4.69, 9.17) is 0 Å². The lowest BCUT2D eigenvalue weighted by Crippen LogP contribution is -1.94. The second-order valence-corrected chi connectivity index (χ2v) is 4.89. The van der Waals surface area contributed by atoms with Gasteiger partial charge in [-0.3, -0.25) is 0 Å². The lowest BCUT2D eigenvalue weighted by molar-refractivity contribution is 0.959. The quantitative estimate of drug-likeness (QED) is 0.722. The van der Waals surface area contributed by atoms with Crippen molar-refractivity contribution < 1.29 is 0 Å². The zero-order chi connectivity index (χ0) is 12.8. The summed E-state index contributed by atoms with van der Waals surface area (Å²) < 4.78 is 2.10. The Balaban J connectivity index is 1.92. The van der Waals surface area contributed by atoms with Crippen molar-refractivity contribution in [3.8, 4) is 11.4 Å². The van der Waals surface area contributed by atoms with Crippen LogP contribution in [0.2, 0.25) is 0 Å². The summed E-state index contributed by atoms with van der Waals surface area (Å²) in [7, 11) is 2.03. The van der Waals surface area contributed by atoms with Crippen molar-refractivity contribution >= 4 is 16.9 Å². The number of hydrogen-bond donors (Lipinski definition) is 1. The van der Waals surface area contributed by atoms with Gasteiger partial charge in [-0.15, -0.1) is 0 Å². The molecule has 1 N–H and O–H groups in total. The molecule has 0 aliphatic carbocycles. The van der Waals surface area contributed by atoms with Gasteiger partial charge in [0, 0.05) is 31.0 Å². The summed E-state index contributed by atoms with van der Waals surface area (Å²) >= 11 is 0. The molecular formula is C15H14N4. The first-order chi connectivity index (χ1) is 9.33. The predicted molar refractivity (Wildman–Crippen MR) is 76.1 cm³/mol. The molecule has 3 heterocycles. The van der Waals surface area contributed by atoms with E-state index in [1.165, 1.54) is 11.3 Å². The maximum atomic E-state index is 4.63. The maximum Gasteiger partial charge on any atom is 0.178 e. The van der Waals surface area contributed by atoms with Gasteiger partial charge >= 0.3 is 0 Å². The highest BCUT2D eigenvalue weighted by molar-refractivity contribution is 5.78. The van der Waals surface area contributed by atoms with Crippen LogP contribution in [0.4, 0.5) is 5.69 Å². The highest BCUT2D eigenvalue weighted by Crippen LogP contribution is 2.29. The molecule has 0 bridgehead atoms. The number of fused-ring (bicyclic) bond motifs is 2. The Morgan fingerprint density at radius 2 is 2.21 bits per heavy atom. The molecule has 0 unspecified atom stereocenters. The average Bonchev–Trinajstić information content (AvgIpc) is 3.03. The van der Waals surface area contributed by atoms with Gasteiger partial charge in [-0.25, -0.2) is 9.97 Å². The molecule has 1 aromatic carbocycles. The third-order valence-corrected chi connectivity index (χ3v) is 3.73. The molecule has 0 fully saturated rings. The molecule has 0 saturated heterocycles. The number of aryl methyl sites for hydroxylation is 1. The van der Waals surface area contributed by atoms with Crippen molar-refractivity contribution in [3.05, 3.63) is 42.1 Å². The van der Waals surface area contributed by atoms with E-state index in [-0.39, 0.29) is 0 Å². The summed E-state index contributed by atoms with van der Waals surface area (Å²) in [6.07, 6.45) is 2.89. The van der Waals surface area contributed by atoms with Gasteiger partial charge in [0.1, 0.15) is 5.82 Å². The number of pyridine rings is 1. The first-order valence-electron chi connectivity index (χ1n) is 6.47. The fourth-order valence-electron chi connectivity index (χ4n) is 2.71. The van der Waals surface area contributed by atoms with Gasteiger partial charge in [0.15, 0.2) is 5.65 Å². The summed E-state index contributed by atoms with van der Waals surface area (Å²) in [5.74, 6) is 0.963. The highest BCUT2D eigenvalue weighted by Gasteiger charge is 2.14. The predicted octanol–water partition coefficient (Wildman–Crippen LogP) is 2.60. The zero-order valence-corrected chi connectivity index (χ0v) is 10.7. The summed E-state index contributed by atoms with van der Waals surface area (Å²) in [6.45, 7) is 1.03. The second kappa shape index (κ2) is 3.82. The Labute approximate surface area is 111 Å². The van der Waals surface area contributed by atoms with Gasteiger partial charge in [-0.2, -0.15) is 0 Å². The SMILES string of the molecule is Cn1c(-c2ccc3c(c2)NCC3)nc2ncccc21. The minimum atomic E-state index is 0.799. The van der Waals surface area contributed by atoms with Crippen molar-refractivity contribution in [2.75, 3.05) is 11.9 Å². The molecule has 0 saturated carbocycles. The third kappa shape index (κ3) is 1.53. The van der Waals surface area contributed by atoms with E-state index < -0.39 is 0 Å². The molecule has 0 spiro atoms. The zero-order valence-electron chi connectivity index (χ0n) is 10.7. The van der Waals surface area contributed by atoms with Crippen LogP contribution in [0, 0.1) is 0 Å². The molecule has 94 valence electrons. The van der Waals surface area contributed by atoms with Crippen molar-refractivity contribution in [1.29, 1.82) is 0 Å². The summed E-state index contributed by atoms with van der Waals surface area (Å²) in [5.41, 5.74) is 5.62. The van der Waals surface area contributed by atoms with Crippen molar-refractivity contribution in [2.24, 2.45) is 7.05 Å². The first-order valence-corrected chi connectivity index (χ1v) is 6.47. The molecule has 4 rings (SSSR count). The Morgan fingerprint density at radius 1 is 1.26 bits per heavy atom. The minimum Gasteiger partial charge on any atom is -0.384 e. The number of nitrogens with zero attached hydrogens (tertiary/aromatic N) is 3. The number of benzene rings is 1. The third-order valence-electron chi connectivity index (χ3n) is 3.73. The maximum absolute atomic E-state index is 4.63. The summed E-state index contributed by atoms with van der Waals surface area (Å²) in [6, 6.07) is 10.5.